The Morgan fingerprint density at radius 2 is 1.67 bits per heavy atom. The van der Waals surface area contributed by atoms with Crippen LogP contribution in [0.25, 0.3) is 6.08 Å². The third-order valence-corrected chi connectivity index (χ3v) is 4.54. The molecule has 0 aromatic heterocycles. The van der Waals surface area contributed by atoms with E-state index in [1.54, 1.807) is 30.3 Å². The molecule has 3 N–H and O–H groups in total. The Kier molecular flexibility index (Phi) is 8.48. The van der Waals surface area contributed by atoms with Gasteiger partial charge in [0.15, 0.2) is 5.78 Å². The molecule has 0 amide bonds. The highest BCUT2D eigenvalue weighted by Gasteiger charge is 2.18. The maximum absolute atomic E-state index is 12.6. The second-order valence-electron chi connectivity index (χ2n) is 7.32. The molecule has 0 saturated carbocycles. The summed E-state index contributed by atoms with van der Waals surface area (Å²) in [5.41, 5.74) is 9.12. The molecule has 158 valence electrons. The number of benzene rings is 2. The molecule has 0 unspecified atom stereocenters. The summed E-state index contributed by atoms with van der Waals surface area (Å²) in [6.07, 6.45) is 12.3. The molecule has 0 aliphatic carbocycles. The van der Waals surface area contributed by atoms with Crippen LogP contribution >= 0.6 is 0 Å². The number of hydrogen-bond acceptors (Lipinski definition) is 4. The molecule has 0 heterocycles. The van der Waals surface area contributed by atoms with Gasteiger partial charge in [-0.15, -0.1) is 0 Å². The van der Waals surface area contributed by atoms with Crippen molar-refractivity contribution < 1.29 is 14.6 Å². The fourth-order valence-corrected chi connectivity index (χ4v) is 3.03. The van der Waals surface area contributed by atoms with Crippen LogP contribution in [0.4, 0.5) is 5.69 Å². The van der Waals surface area contributed by atoms with Crippen molar-refractivity contribution in [3.63, 3.8) is 0 Å². The van der Waals surface area contributed by atoms with E-state index in [9.17, 15) is 9.90 Å². The van der Waals surface area contributed by atoms with E-state index >= 15 is 0 Å². The van der Waals surface area contributed by atoms with E-state index < -0.39 is 0 Å². The number of nitrogen functional groups attached to an aromatic ring is 1. The second-order valence-corrected chi connectivity index (χ2v) is 7.32. The minimum Gasteiger partial charge on any atom is -0.507 e. The molecule has 0 atom stereocenters. The Hall–Kier alpha value is -3.27. The summed E-state index contributed by atoms with van der Waals surface area (Å²) in [4.78, 5) is 12.6. The van der Waals surface area contributed by atoms with Crippen LogP contribution in [-0.4, -0.2) is 17.0 Å². The van der Waals surface area contributed by atoms with Gasteiger partial charge in [0.05, 0.1) is 11.7 Å². The Bertz CT molecular complexity index is 951. The van der Waals surface area contributed by atoms with Gasteiger partial charge in [-0.1, -0.05) is 24.3 Å². The van der Waals surface area contributed by atoms with E-state index in [4.69, 9.17) is 10.5 Å². The molecule has 0 saturated heterocycles. The van der Waals surface area contributed by atoms with Gasteiger partial charge in [-0.25, -0.2) is 0 Å². The van der Waals surface area contributed by atoms with Crippen LogP contribution in [-0.2, 0) is 12.8 Å². The first-order chi connectivity index (χ1) is 14.4. The lowest BCUT2D eigenvalue weighted by molar-refractivity contribution is 0.104. The Labute approximate surface area is 179 Å². The minimum absolute atomic E-state index is 0.0740. The number of carbonyl (C=O) groups excluding carboxylic acids is 1. The smallest absolute Gasteiger partial charge is 0.185 e. The lowest BCUT2D eigenvalue weighted by Gasteiger charge is -2.19. The Morgan fingerprint density at radius 3 is 2.23 bits per heavy atom. The zero-order chi connectivity index (χ0) is 22.1. The van der Waals surface area contributed by atoms with Crippen molar-refractivity contribution in [1.82, 2.24) is 0 Å². The topological polar surface area (TPSA) is 72.5 Å². The van der Waals surface area contributed by atoms with Crippen LogP contribution in [0.5, 0.6) is 11.5 Å². The molecular weight excluding hydrogens is 374 g/mol. The van der Waals surface area contributed by atoms with Crippen LogP contribution in [0.1, 0.15) is 54.7 Å². The number of phenolic OH excluding ortho intramolecular Hbond substituents is 1. The van der Waals surface area contributed by atoms with Crippen molar-refractivity contribution in [3.05, 3.63) is 83.0 Å². The molecular formula is C26H31NO3. The van der Waals surface area contributed by atoms with Crippen LogP contribution in [0.2, 0.25) is 0 Å². The molecule has 4 nitrogen and oxygen atoms in total. The van der Waals surface area contributed by atoms with Gasteiger partial charge in [0, 0.05) is 11.3 Å². The van der Waals surface area contributed by atoms with Crippen molar-refractivity contribution in [2.45, 2.75) is 46.6 Å². The molecule has 4 heteroatoms. The Balaban J connectivity index is 2.56. The average molecular weight is 406 g/mol. The zero-order valence-corrected chi connectivity index (χ0v) is 18.2. The Morgan fingerprint density at radius 1 is 1.07 bits per heavy atom. The normalized spacial score (nSPS) is 11.9. The van der Waals surface area contributed by atoms with Crippen LogP contribution in [0, 0.1) is 0 Å². The molecule has 2 aromatic carbocycles. The maximum atomic E-state index is 12.6. The number of phenols is 1. The van der Waals surface area contributed by atoms with Gasteiger partial charge in [-0.2, -0.15) is 0 Å². The van der Waals surface area contributed by atoms with Gasteiger partial charge in [0.1, 0.15) is 11.5 Å². The molecule has 0 aliphatic heterocycles. The largest absolute Gasteiger partial charge is 0.507 e. The average Bonchev–Trinajstić information content (AvgIpc) is 2.72. The lowest BCUT2D eigenvalue weighted by Crippen LogP contribution is -2.10. The van der Waals surface area contributed by atoms with Gasteiger partial charge in [-0.3, -0.25) is 4.79 Å². The van der Waals surface area contributed by atoms with E-state index in [2.05, 4.69) is 0 Å². The summed E-state index contributed by atoms with van der Waals surface area (Å²) in [5, 5.41) is 11.0. The molecule has 0 radical (unpaired) electrons. The number of ether oxygens (including phenoxy) is 1. The third-order valence-electron chi connectivity index (χ3n) is 4.54. The van der Waals surface area contributed by atoms with E-state index in [0.717, 1.165) is 11.1 Å². The summed E-state index contributed by atoms with van der Waals surface area (Å²) in [7, 11) is 0. The molecule has 30 heavy (non-hydrogen) atoms. The molecule has 0 bridgehead atoms. The van der Waals surface area contributed by atoms with E-state index in [1.807, 2.05) is 58.1 Å². The predicted octanol–water partition coefficient (Wildman–Crippen LogP) is 5.89. The summed E-state index contributed by atoms with van der Waals surface area (Å²) < 4.78 is 6.08. The third kappa shape index (κ3) is 6.11. The van der Waals surface area contributed by atoms with E-state index in [0.29, 0.717) is 35.4 Å². The number of anilines is 1. The molecule has 2 aromatic rings. The first-order valence-corrected chi connectivity index (χ1v) is 10.2. The van der Waals surface area contributed by atoms with Crippen LogP contribution in [0.3, 0.4) is 0 Å². The van der Waals surface area contributed by atoms with Gasteiger partial charge in [-0.05, 0) is 94.1 Å². The second kappa shape index (κ2) is 11.1. The van der Waals surface area contributed by atoms with Gasteiger partial charge in [0.25, 0.3) is 0 Å². The highest BCUT2D eigenvalue weighted by atomic mass is 16.5. The van der Waals surface area contributed by atoms with Crippen molar-refractivity contribution in [3.8, 4) is 11.5 Å². The van der Waals surface area contributed by atoms with Gasteiger partial charge in [0.2, 0.25) is 0 Å². The van der Waals surface area contributed by atoms with E-state index in [-0.39, 0.29) is 17.6 Å². The molecule has 0 aliphatic rings. The fraction of sp³-hybridized carbons (Fsp3) is 0.269. The highest BCUT2D eigenvalue weighted by Crippen LogP contribution is 2.38. The molecule has 2 rings (SSSR count). The first kappa shape index (κ1) is 23.0. The van der Waals surface area contributed by atoms with Crippen molar-refractivity contribution in [2.75, 3.05) is 5.73 Å². The molecule has 0 spiro atoms. The van der Waals surface area contributed by atoms with Crippen LogP contribution < -0.4 is 10.5 Å². The number of rotatable bonds is 9. The predicted molar refractivity (Wildman–Crippen MR) is 125 cm³/mol. The quantitative estimate of drug-likeness (QED) is 0.236. The van der Waals surface area contributed by atoms with Crippen molar-refractivity contribution >= 4 is 17.5 Å². The fourth-order valence-electron chi connectivity index (χ4n) is 3.03. The highest BCUT2D eigenvalue weighted by molar-refractivity contribution is 6.07. The SMILES string of the molecule is C/C=C/Cc1cc(C/C=C/C)c(OC(C)C)c(/C=C/C(=O)c2ccc(N)cc2)c1O. The lowest BCUT2D eigenvalue weighted by atomic mass is 9.97. The van der Waals surface area contributed by atoms with Crippen molar-refractivity contribution in [1.29, 1.82) is 0 Å². The number of carbonyl (C=O) groups is 1. The summed E-state index contributed by atoms with van der Waals surface area (Å²) >= 11 is 0. The summed E-state index contributed by atoms with van der Waals surface area (Å²) in [5.74, 6) is 0.569. The van der Waals surface area contributed by atoms with Crippen molar-refractivity contribution in [2.24, 2.45) is 0 Å². The van der Waals surface area contributed by atoms with Gasteiger partial charge < -0.3 is 15.6 Å². The maximum Gasteiger partial charge on any atom is 0.185 e. The standard InChI is InChI=1S/C26H31NO3/c1-5-7-9-20-17-21(10-8-6-2)26(30-18(3)4)23(25(20)29)15-16-24(28)19-11-13-22(27)14-12-19/h5-8,11-18,29H,9-10,27H2,1-4H3/b7-5+,8-6+,16-15+. The van der Waals surface area contributed by atoms with Gasteiger partial charge >= 0.3 is 0 Å². The zero-order valence-electron chi connectivity index (χ0n) is 18.2. The summed E-state index contributed by atoms with van der Waals surface area (Å²) in [6, 6.07) is 8.74. The summed E-state index contributed by atoms with van der Waals surface area (Å²) in [6.45, 7) is 7.80. The number of nitrogens with two attached hydrogens (primary N) is 1. The van der Waals surface area contributed by atoms with E-state index in [1.165, 1.54) is 6.08 Å². The number of ketones is 1. The monoisotopic (exact) mass is 405 g/mol. The number of aromatic hydroxyl groups is 1. The number of allylic oxidation sites excluding steroid dienone is 5. The van der Waals surface area contributed by atoms with Crippen LogP contribution in [0.15, 0.2) is 60.7 Å². The molecule has 0 fully saturated rings. The first-order valence-electron chi connectivity index (χ1n) is 10.2. The number of hydrogen-bond donors (Lipinski definition) is 2. The minimum atomic E-state index is -0.168.